The number of rotatable bonds is 2. The molecule has 2 aliphatic rings. The zero-order chi connectivity index (χ0) is 12.4. The molecule has 1 aromatic rings. The Morgan fingerprint density at radius 2 is 1.94 bits per heavy atom. The minimum atomic E-state index is 0.518. The summed E-state index contributed by atoms with van der Waals surface area (Å²) in [6, 6.07) is 12.3. The number of benzene rings is 1. The van der Waals surface area contributed by atoms with Gasteiger partial charge in [0.25, 0.3) is 0 Å². The molecule has 1 unspecified atom stereocenters. The summed E-state index contributed by atoms with van der Waals surface area (Å²) in [6.07, 6.45) is 4.09. The molecule has 2 nitrogen and oxygen atoms in total. The smallest absolute Gasteiger partial charge is 0.0449 e. The summed E-state index contributed by atoms with van der Waals surface area (Å²) in [5, 5.41) is 3.70. The SMILES string of the molecule is CC1CC(N2CCCNC(c3ccccc3)C2)C1. The van der Waals surface area contributed by atoms with Crippen molar-refractivity contribution in [2.75, 3.05) is 19.6 Å². The highest BCUT2D eigenvalue weighted by Crippen LogP contribution is 2.32. The van der Waals surface area contributed by atoms with Crippen molar-refractivity contribution in [1.82, 2.24) is 10.2 Å². The summed E-state index contributed by atoms with van der Waals surface area (Å²) in [6.45, 7) is 5.98. The van der Waals surface area contributed by atoms with Gasteiger partial charge in [-0.15, -0.1) is 0 Å². The molecule has 3 rings (SSSR count). The molecule has 1 aromatic carbocycles. The topological polar surface area (TPSA) is 15.3 Å². The van der Waals surface area contributed by atoms with Gasteiger partial charge in [0.15, 0.2) is 0 Å². The Hall–Kier alpha value is -0.860. The van der Waals surface area contributed by atoms with E-state index >= 15 is 0 Å². The normalized spacial score (nSPS) is 33.7. The van der Waals surface area contributed by atoms with E-state index in [0.29, 0.717) is 6.04 Å². The van der Waals surface area contributed by atoms with E-state index in [4.69, 9.17) is 0 Å². The standard InChI is InChI=1S/C16H24N2/c1-13-10-15(11-13)18-9-5-8-17-16(12-18)14-6-3-2-4-7-14/h2-4,6-7,13,15-17H,5,8-12H2,1H3. The van der Waals surface area contributed by atoms with Gasteiger partial charge in [0.05, 0.1) is 0 Å². The third kappa shape index (κ3) is 2.60. The second kappa shape index (κ2) is 5.41. The second-order valence-corrected chi connectivity index (χ2v) is 6.00. The van der Waals surface area contributed by atoms with Crippen molar-refractivity contribution < 1.29 is 0 Å². The molecule has 0 bridgehead atoms. The zero-order valence-electron chi connectivity index (χ0n) is 11.3. The highest BCUT2D eigenvalue weighted by Gasteiger charge is 2.32. The molecular weight excluding hydrogens is 220 g/mol. The fourth-order valence-electron chi connectivity index (χ4n) is 3.35. The maximum Gasteiger partial charge on any atom is 0.0449 e. The predicted octanol–water partition coefficient (Wildman–Crippen LogP) is 2.82. The Labute approximate surface area is 110 Å². The maximum absolute atomic E-state index is 3.70. The summed E-state index contributed by atoms with van der Waals surface area (Å²) < 4.78 is 0. The van der Waals surface area contributed by atoms with E-state index in [9.17, 15) is 0 Å². The second-order valence-electron chi connectivity index (χ2n) is 6.00. The lowest BCUT2D eigenvalue weighted by molar-refractivity contribution is 0.0846. The zero-order valence-corrected chi connectivity index (χ0v) is 11.3. The average Bonchev–Trinajstić information content (AvgIpc) is 2.62. The highest BCUT2D eigenvalue weighted by atomic mass is 15.2. The van der Waals surface area contributed by atoms with E-state index in [1.165, 1.54) is 37.9 Å². The summed E-state index contributed by atoms with van der Waals surface area (Å²) in [4.78, 5) is 2.72. The molecule has 1 saturated heterocycles. The van der Waals surface area contributed by atoms with E-state index in [1.54, 1.807) is 0 Å². The average molecular weight is 244 g/mol. The van der Waals surface area contributed by atoms with Crippen LogP contribution in [0.1, 0.15) is 37.8 Å². The van der Waals surface area contributed by atoms with Gasteiger partial charge in [-0.25, -0.2) is 0 Å². The van der Waals surface area contributed by atoms with Gasteiger partial charge in [0, 0.05) is 18.6 Å². The molecule has 1 aliphatic carbocycles. The van der Waals surface area contributed by atoms with Crippen molar-refractivity contribution in [3.63, 3.8) is 0 Å². The summed E-state index contributed by atoms with van der Waals surface area (Å²) in [7, 11) is 0. The first-order chi connectivity index (χ1) is 8.83. The molecule has 18 heavy (non-hydrogen) atoms. The van der Waals surface area contributed by atoms with Gasteiger partial charge in [-0.3, -0.25) is 4.90 Å². The van der Waals surface area contributed by atoms with Gasteiger partial charge >= 0.3 is 0 Å². The Morgan fingerprint density at radius 1 is 1.17 bits per heavy atom. The monoisotopic (exact) mass is 244 g/mol. The quantitative estimate of drug-likeness (QED) is 0.860. The van der Waals surface area contributed by atoms with Crippen LogP contribution in [0.4, 0.5) is 0 Å². The number of nitrogens with one attached hydrogen (secondary N) is 1. The van der Waals surface area contributed by atoms with Gasteiger partial charge in [-0.1, -0.05) is 37.3 Å². The van der Waals surface area contributed by atoms with Crippen LogP contribution < -0.4 is 5.32 Å². The minimum Gasteiger partial charge on any atom is -0.309 e. The molecule has 98 valence electrons. The molecule has 1 heterocycles. The van der Waals surface area contributed by atoms with Crippen LogP contribution in [-0.4, -0.2) is 30.6 Å². The van der Waals surface area contributed by atoms with Crippen LogP contribution in [0.5, 0.6) is 0 Å². The van der Waals surface area contributed by atoms with Gasteiger partial charge in [-0.05, 0) is 43.8 Å². The van der Waals surface area contributed by atoms with Crippen LogP contribution in [0.25, 0.3) is 0 Å². The largest absolute Gasteiger partial charge is 0.309 e. The van der Waals surface area contributed by atoms with Crippen molar-refractivity contribution >= 4 is 0 Å². The third-order valence-corrected chi connectivity index (χ3v) is 4.50. The Balaban J connectivity index is 1.68. The molecule has 1 atom stereocenters. The van der Waals surface area contributed by atoms with Crippen molar-refractivity contribution in [2.24, 2.45) is 5.92 Å². The lowest BCUT2D eigenvalue weighted by Crippen LogP contribution is -2.46. The van der Waals surface area contributed by atoms with Gasteiger partial charge < -0.3 is 5.32 Å². The van der Waals surface area contributed by atoms with E-state index in [1.807, 2.05) is 0 Å². The van der Waals surface area contributed by atoms with Crippen LogP contribution in [0.15, 0.2) is 30.3 Å². The van der Waals surface area contributed by atoms with Crippen LogP contribution in [-0.2, 0) is 0 Å². The van der Waals surface area contributed by atoms with Gasteiger partial charge in [0.2, 0.25) is 0 Å². The predicted molar refractivity (Wildman–Crippen MR) is 75.6 cm³/mol. The number of hydrogen-bond acceptors (Lipinski definition) is 2. The minimum absolute atomic E-state index is 0.518. The van der Waals surface area contributed by atoms with E-state index in [-0.39, 0.29) is 0 Å². The molecule has 0 amide bonds. The van der Waals surface area contributed by atoms with Crippen LogP contribution in [0.2, 0.25) is 0 Å². The van der Waals surface area contributed by atoms with Gasteiger partial charge in [0.1, 0.15) is 0 Å². The molecule has 0 radical (unpaired) electrons. The first-order valence-corrected chi connectivity index (χ1v) is 7.35. The number of hydrogen-bond donors (Lipinski definition) is 1. The van der Waals surface area contributed by atoms with E-state index < -0.39 is 0 Å². The van der Waals surface area contributed by atoms with E-state index in [2.05, 4.69) is 47.5 Å². The summed E-state index contributed by atoms with van der Waals surface area (Å²) >= 11 is 0. The Bertz CT molecular complexity index is 370. The van der Waals surface area contributed by atoms with Crippen LogP contribution in [0.3, 0.4) is 0 Å². The van der Waals surface area contributed by atoms with Crippen molar-refractivity contribution in [1.29, 1.82) is 0 Å². The first-order valence-electron chi connectivity index (χ1n) is 7.35. The fraction of sp³-hybridized carbons (Fsp3) is 0.625. The molecule has 1 saturated carbocycles. The molecule has 1 aliphatic heterocycles. The lowest BCUT2D eigenvalue weighted by atomic mass is 9.80. The molecule has 2 fully saturated rings. The third-order valence-electron chi connectivity index (χ3n) is 4.50. The fourth-order valence-corrected chi connectivity index (χ4v) is 3.35. The molecule has 0 spiro atoms. The lowest BCUT2D eigenvalue weighted by Gasteiger charge is -2.42. The van der Waals surface area contributed by atoms with E-state index in [0.717, 1.165) is 18.5 Å². The Morgan fingerprint density at radius 3 is 2.67 bits per heavy atom. The summed E-state index contributed by atoms with van der Waals surface area (Å²) in [5.74, 6) is 0.946. The maximum atomic E-state index is 3.70. The first kappa shape index (κ1) is 12.2. The summed E-state index contributed by atoms with van der Waals surface area (Å²) in [5.41, 5.74) is 1.44. The van der Waals surface area contributed by atoms with Crippen molar-refractivity contribution in [3.8, 4) is 0 Å². The van der Waals surface area contributed by atoms with Crippen LogP contribution >= 0.6 is 0 Å². The molecule has 2 heteroatoms. The Kier molecular flexibility index (Phi) is 3.67. The van der Waals surface area contributed by atoms with Crippen molar-refractivity contribution in [2.45, 2.75) is 38.3 Å². The van der Waals surface area contributed by atoms with Crippen LogP contribution in [0, 0.1) is 5.92 Å². The molecule has 1 N–H and O–H groups in total. The van der Waals surface area contributed by atoms with Gasteiger partial charge in [-0.2, -0.15) is 0 Å². The van der Waals surface area contributed by atoms with Crippen molar-refractivity contribution in [3.05, 3.63) is 35.9 Å². The molecular formula is C16H24N2. The number of nitrogens with zero attached hydrogens (tertiary/aromatic N) is 1. The highest BCUT2D eigenvalue weighted by molar-refractivity contribution is 5.19. The molecule has 0 aromatic heterocycles.